The summed E-state index contributed by atoms with van der Waals surface area (Å²) < 4.78 is 0. The van der Waals surface area contributed by atoms with Gasteiger partial charge >= 0.3 is 0 Å². The molecule has 0 aliphatic rings. The first kappa shape index (κ1) is 14.8. The number of benzene rings is 2. The third-order valence-electron chi connectivity index (χ3n) is 3.11. The van der Waals surface area contributed by atoms with Gasteiger partial charge in [-0.05, 0) is 29.8 Å². The van der Waals surface area contributed by atoms with Crippen molar-refractivity contribution in [3.63, 3.8) is 0 Å². The summed E-state index contributed by atoms with van der Waals surface area (Å²) in [5.74, 6) is 0.850. The second-order valence-electron chi connectivity index (χ2n) is 4.71. The molecule has 0 aliphatic carbocycles. The van der Waals surface area contributed by atoms with Crippen LogP contribution in [-0.4, -0.2) is 16.4 Å². The molecule has 23 heavy (non-hydrogen) atoms. The summed E-state index contributed by atoms with van der Waals surface area (Å²) in [4.78, 5) is 4.27. The minimum Gasteiger partial charge on any atom is -0.339 e. The van der Waals surface area contributed by atoms with Gasteiger partial charge in [-0.2, -0.15) is 10.4 Å². The second kappa shape index (κ2) is 6.77. The van der Waals surface area contributed by atoms with Crippen LogP contribution in [-0.2, 0) is 0 Å². The quantitative estimate of drug-likeness (QED) is 0.698. The molecule has 2 aromatic carbocycles. The fourth-order valence-corrected chi connectivity index (χ4v) is 2.10. The minimum absolute atomic E-state index is 0.334. The summed E-state index contributed by atoms with van der Waals surface area (Å²) in [6.07, 6.45) is 1.64. The van der Waals surface area contributed by atoms with E-state index < -0.39 is 0 Å². The molecule has 6 heteroatoms. The maximum absolute atomic E-state index is 9.36. The molecule has 0 saturated heterocycles. The molecule has 1 heterocycles. The topological polar surface area (TPSA) is 76.9 Å². The number of halogens is 1. The number of H-pyrrole nitrogens is 1. The summed E-state index contributed by atoms with van der Waals surface area (Å²) in [6, 6.07) is 18.9. The Morgan fingerprint density at radius 1 is 1.13 bits per heavy atom. The maximum Gasteiger partial charge on any atom is 0.193 e. The second-order valence-corrected chi connectivity index (χ2v) is 5.15. The van der Waals surface area contributed by atoms with E-state index in [1.807, 2.05) is 42.5 Å². The summed E-state index contributed by atoms with van der Waals surface area (Å²) in [5, 5.41) is 20.0. The minimum atomic E-state index is 0.334. The lowest BCUT2D eigenvalue weighted by Gasteiger charge is -2.02. The third kappa shape index (κ3) is 3.57. The van der Waals surface area contributed by atoms with Crippen LogP contribution in [0.25, 0.3) is 0 Å². The zero-order chi connectivity index (χ0) is 16.1. The Labute approximate surface area is 138 Å². The predicted molar refractivity (Wildman–Crippen MR) is 91.7 cm³/mol. The summed E-state index contributed by atoms with van der Waals surface area (Å²) in [7, 11) is 0. The molecule has 3 aromatic rings. The number of rotatable bonds is 4. The van der Waals surface area contributed by atoms with Gasteiger partial charge in [-0.3, -0.25) is 5.10 Å². The van der Waals surface area contributed by atoms with Gasteiger partial charge in [-0.15, -0.1) is 0 Å². The Morgan fingerprint density at radius 2 is 1.87 bits per heavy atom. The Kier molecular flexibility index (Phi) is 4.37. The van der Waals surface area contributed by atoms with E-state index in [1.54, 1.807) is 18.3 Å². The van der Waals surface area contributed by atoms with Crippen molar-refractivity contribution < 1.29 is 0 Å². The highest BCUT2D eigenvalue weighted by atomic mass is 35.5. The molecular formula is C17H12ClN5. The standard InChI is InChI=1S/C17H12ClN5/c18-13-8-6-12(7-9-13)11-20-16-15(10-19)17(23-22-16)21-14-4-2-1-3-5-14/h1-9,11H,(H2,21,22,23). The van der Waals surface area contributed by atoms with E-state index in [9.17, 15) is 5.26 Å². The van der Waals surface area contributed by atoms with Gasteiger partial charge in [0.05, 0.1) is 0 Å². The van der Waals surface area contributed by atoms with Crippen molar-refractivity contribution >= 4 is 35.1 Å². The maximum atomic E-state index is 9.36. The molecule has 0 fully saturated rings. The fraction of sp³-hybridized carbons (Fsp3) is 0. The predicted octanol–water partition coefficient (Wildman–Crippen LogP) is 4.43. The molecule has 0 unspecified atom stereocenters. The first-order chi connectivity index (χ1) is 11.3. The van der Waals surface area contributed by atoms with Crippen LogP contribution in [0, 0.1) is 11.3 Å². The van der Waals surface area contributed by atoms with Gasteiger partial charge in [-0.25, -0.2) is 4.99 Å². The first-order valence-corrected chi connectivity index (χ1v) is 7.24. The summed E-state index contributed by atoms with van der Waals surface area (Å²) >= 11 is 5.84. The molecule has 2 N–H and O–H groups in total. The monoisotopic (exact) mass is 321 g/mol. The largest absolute Gasteiger partial charge is 0.339 e. The molecule has 3 rings (SSSR count). The average molecular weight is 322 g/mol. The van der Waals surface area contributed by atoms with Gasteiger partial charge in [0.25, 0.3) is 0 Å². The van der Waals surface area contributed by atoms with E-state index >= 15 is 0 Å². The molecule has 112 valence electrons. The van der Waals surface area contributed by atoms with E-state index in [1.165, 1.54) is 0 Å². The summed E-state index contributed by atoms with van der Waals surface area (Å²) in [6.45, 7) is 0. The van der Waals surface area contributed by atoms with Crippen LogP contribution in [0.5, 0.6) is 0 Å². The Hall–Kier alpha value is -3.10. The lowest BCUT2D eigenvalue weighted by Crippen LogP contribution is -1.92. The van der Waals surface area contributed by atoms with Crippen molar-refractivity contribution in [2.24, 2.45) is 4.99 Å². The van der Waals surface area contributed by atoms with Gasteiger partial charge < -0.3 is 5.32 Å². The Morgan fingerprint density at radius 3 is 2.57 bits per heavy atom. The van der Waals surface area contributed by atoms with Crippen molar-refractivity contribution in [1.29, 1.82) is 5.26 Å². The van der Waals surface area contributed by atoms with Gasteiger partial charge in [0.2, 0.25) is 0 Å². The number of para-hydroxylation sites is 1. The molecule has 0 aliphatic heterocycles. The number of nitrogens with one attached hydrogen (secondary N) is 2. The molecule has 0 amide bonds. The van der Waals surface area contributed by atoms with Crippen LogP contribution < -0.4 is 5.32 Å². The number of aromatic amines is 1. The number of nitrogens with zero attached hydrogens (tertiary/aromatic N) is 3. The van der Waals surface area contributed by atoms with E-state index in [0.29, 0.717) is 22.2 Å². The lowest BCUT2D eigenvalue weighted by atomic mass is 10.2. The van der Waals surface area contributed by atoms with E-state index in [0.717, 1.165) is 11.3 Å². The highest BCUT2D eigenvalue weighted by Crippen LogP contribution is 2.25. The van der Waals surface area contributed by atoms with Gasteiger partial charge in [0.1, 0.15) is 17.5 Å². The number of nitriles is 1. The van der Waals surface area contributed by atoms with Crippen LogP contribution >= 0.6 is 11.6 Å². The average Bonchev–Trinajstić information content (AvgIpc) is 2.97. The third-order valence-corrected chi connectivity index (χ3v) is 3.36. The molecule has 0 spiro atoms. The number of aromatic nitrogens is 2. The molecule has 0 atom stereocenters. The van der Waals surface area contributed by atoms with Crippen LogP contribution in [0.1, 0.15) is 11.1 Å². The lowest BCUT2D eigenvalue weighted by molar-refractivity contribution is 1.09. The number of hydrogen-bond acceptors (Lipinski definition) is 4. The SMILES string of the molecule is N#Cc1c(N=Cc2ccc(Cl)cc2)n[nH]c1Nc1ccccc1. The number of aliphatic imine (C=N–C) groups is 1. The van der Waals surface area contributed by atoms with Gasteiger partial charge in [0.15, 0.2) is 5.82 Å². The molecule has 0 bridgehead atoms. The Balaban J connectivity index is 1.84. The Bertz CT molecular complexity index is 860. The molecule has 5 nitrogen and oxygen atoms in total. The number of anilines is 2. The first-order valence-electron chi connectivity index (χ1n) is 6.86. The molecular weight excluding hydrogens is 310 g/mol. The molecule has 1 aromatic heterocycles. The van der Waals surface area contributed by atoms with E-state index in [2.05, 4.69) is 26.6 Å². The van der Waals surface area contributed by atoms with Crippen molar-refractivity contribution in [3.05, 3.63) is 70.7 Å². The normalized spacial score (nSPS) is 10.6. The number of hydrogen-bond donors (Lipinski definition) is 2. The zero-order valence-corrected chi connectivity index (χ0v) is 12.7. The molecule has 0 saturated carbocycles. The summed E-state index contributed by atoms with van der Waals surface area (Å²) in [5.41, 5.74) is 2.10. The van der Waals surface area contributed by atoms with Crippen molar-refractivity contribution in [2.75, 3.05) is 5.32 Å². The van der Waals surface area contributed by atoms with Crippen molar-refractivity contribution in [2.45, 2.75) is 0 Å². The van der Waals surface area contributed by atoms with Gasteiger partial charge in [0, 0.05) is 16.9 Å². The van der Waals surface area contributed by atoms with Crippen LogP contribution in [0.3, 0.4) is 0 Å². The highest BCUT2D eigenvalue weighted by molar-refractivity contribution is 6.30. The van der Waals surface area contributed by atoms with E-state index in [4.69, 9.17) is 11.6 Å². The smallest absolute Gasteiger partial charge is 0.193 e. The zero-order valence-electron chi connectivity index (χ0n) is 12.0. The van der Waals surface area contributed by atoms with Crippen LogP contribution in [0.4, 0.5) is 17.3 Å². The van der Waals surface area contributed by atoms with E-state index in [-0.39, 0.29) is 0 Å². The van der Waals surface area contributed by atoms with Gasteiger partial charge in [-0.1, -0.05) is 41.9 Å². The van der Waals surface area contributed by atoms with Crippen LogP contribution in [0.15, 0.2) is 59.6 Å². The van der Waals surface area contributed by atoms with Crippen molar-refractivity contribution in [3.8, 4) is 6.07 Å². The fourth-order valence-electron chi connectivity index (χ4n) is 1.97. The molecule has 0 radical (unpaired) electrons. The van der Waals surface area contributed by atoms with Crippen LogP contribution in [0.2, 0.25) is 5.02 Å². The van der Waals surface area contributed by atoms with Crippen molar-refractivity contribution in [1.82, 2.24) is 10.2 Å². The highest BCUT2D eigenvalue weighted by Gasteiger charge is 2.12.